The van der Waals surface area contributed by atoms with Gasteiger partial charge in [-0.3, -0.25) is 0 Å². The molecule has 2 aromatic heterocycles. The Balaban J connectivity index is 1.34. The van der Waals surface area contributed by atoms with Crippen LogP contribution >= 0.6 is 0 Å². The largest absolute Gasteiger partial charge is 0.415 e. The van der Waals surface area contributed by atoms with Gasteiger partial charge in [0.25, 0.3) is 5.89 Å². The Morgan fingerprint density at radius 2 is 1.81 bits per heavy atom. The van der Waals surface area contributed by atoms with E-state index < -0.39 is 18.1 Å². The van der Waals surface area contributed by atoms with Crippen LogP contribution in [-0.4, -0.2) is 62.8 Å². The molecule has 8 nitrogen and oxygen atoms in total. The standard InChI is InChI=1S/C24H23F4N7O/c1-14-11-33(2)7-8-35(14)21-10-15(5-6-18(21)25)20-13-34(32-29-20)12-17-4-3-16(9-19(17)26)23-30-31-24(36-23)22(27)28/h3-6,9-10,13-14,22H,7-8,11-12H2,1-2H3/t14-/m0/s1. The van der Waals surface area contributed by atoms with Gasteiger partial charge in [0.15, 0.2) is 0 Å². The van der Waals surface area contributed by atoms with Crippen LogP contribution in [0.5, 0.6) is 0 Å². The molecule has 1 aliphatic heterocycles. The number of aromatic nitrogens is 5. The molecule has 0 radical (unpaired) electrons. The summed E-state index contributed by atoms with van der Waals surface area (Å²) in [5.41, 5.74) is 2.23. The van der Waals surface area contributed by atoms with Crippen molar-refractivity contribution in [2.45, 2.75) is 25.9 Å². The van der Waals surface area contributed by atoms with Crippen LogP contribution in [0.4, 0.5) is 23.2 Å². The fourth-order valence-electron chi connectivity index (χ4n) is 4.32. The molecule has 12 heteroatoms. The molecule has 0 N–H and O–H groups in total. The highest BCUT2D eigenvalue weighted by Crippen LogP contribution is 2.29. The first kappa shape index (κ1) is 23.9. The number of hydrogen-bond donors (Lipinski definition) is 0. The zero-order valence-electron chi connectivity index (χ0n) is 19.6. The number of rotatable bonds is 6. The molecule has 3 heterocycles. The van der Waals surface area contributed by atoms with Gasteiger partial charge in [0.2, 0.25) is 5.89 Å². The smallest absolute Gasteiger partial charge is 0.314 e. The van der Waals surface area contributed by atoms with Gasteiger partial charge in [-0.15, -0.1) is 15.3 Å². The minimum Gasteiger partial charge on any atom is -0.415 e. The monoisotopic (exact) mass is 501 g/mol. The number of likely N-dealkylation sites (N-methyl/N-ethyl adjacent to an activating group) is 1. The Labute approximate surface area is 204 Å². The van der Waals surface area contributed by atoms with Crippen molar-refractivity contribution in [1.29, 1.82) is 0 Å². The van der Waals surface area contributed by atoms with Crippen LogP contribution in [0.2, 0.25) is 0 Å². The number of halogens is 4. The SMILES string of the molecule is C[C@H]1CN(C)CCN1c1cc(-c2cn(Cc3ccc(-c4nnc(C(F)F)o4)cc3F)nn2)ccc1F. The zero-order valence-corrected chi connectivity index (χ0v) is 19.6. The molecule has 2 aromatic carbocycles. The van der Waals surface area contributed by atoms with E-state index >= 15 is 0 Å². The highest BCUT2D eigenvalue weighted by molar-refractivity contribution is 5.66. The first-order chi connectivity index (χ1) is 17.3. The van der Waals surface area contributed by atoms with E-state index in [1.807, 2.05) is 11.9 Å². The summed E-state index contributed by atoms with van der Waals surface area (Å²) >= 11 is 0. The predicted molar refractivity (Wildman–Crippen MR) is 123 cm³/mol. The van der Waals surface area contributed by atoms with E-state index in [-0.39, 0.29) is 29.9 Å². The molecule has 0 spiro atoms. The molecule has 0 unspecified atom stereocenters. The average molecular weight is 501 g/mol. The van der Waals surface area contributed by atoms with E-state index in [0.29, 0.717) is 29.1 Å². The lowest BCUT2D eigenvalue weighted by atomic mass is 10.1. The maximum atomic E-state index is 14.7. The van der Waals surface area contributed by atoms with E-state index in [0.717, 1.165) is 19.2 Å². The van der Waals surface area contributed by atoms with Gasteiger partial charge in [-0.25, -0.2) is 13.5 Å². The van der Waals surface area contributed by atoms with E-state index in [1.54, 1.807) is 18.3 Å². The highest BCUT2D eigenvalue weighted by atomic mass is 19.3. The molecule has 0 amide bonds. The summed E-state index contributed by atoms with van der Waals surface area (Å²) in [5, 5.41) is 15.0. The number of piperazine rings is 1. The Bertz CT molecular complexity index is 1370. The van der Waals surface area contributed by atoms with Crippen LogP contribution in [0.1, 0.15) is 24.8 Å². The molecule has 5 rings (SSSR count). The molecule has 1 fully saturated rings. The van der Waals surface area contributed by atoms with Crippen molar-refractivity contribution in [2.24, 2.45) is 0 Å². The lowest BCUT2D eigenvalue weighted by Crippen LogP contribution is -2.50. The number of alkyl halides is 2. The zero-order chi connectivity index (χ0) is 25.4. The van der Waals surface area contributed by atoms with Crippen molar-refractivity contribution in [3.8, 4) is 22.7 Å². The van der Waals surface area contributed by atoms with Gasteiger partial charge >= 0.3 is 6.43 Å². The third-order valence-corrected chi connectivity index (χ3v) is 6.18. The fourth-order valence-corrected chi connectivity index (χ4v) is 4.32. The quantitative estimate of drug-likeness (QED) is 0.363. The van der Waals surface area contributed by atoms with Gasteiger partial charge in [-0.05, 0) is 44.3 Å². The van der Waals surface area contributed by atoms with Gasteiger partial charge in [0.05, 0.1) is 18.4 Å². The summed E-state index contributed by atoms with van der Waals surface area (Å²) < 4.78 is 61.1. The Hall–Kier alpha value is -3.80. The summed E-state index contributed by atoms with van der Waals surface area (Å²) in [4.78, 5) is 4.26. The highest BCUT2D eigenvalue weighted by Gasteiger charge is 2.24. The second-order valence-corrected chi connectivity index (χ2v) is 8.82. The molecule has 0 aliphatic carbocycles. The third-order valence-electron chi connectivity index (χ3n) is 6.18. The molecule has 1 saturated heterocycles. The Morgan fingerprint density at radius 3 is 2.53 bits per heavy atom. The topological polar surface area (TPSA) is 76.1 Å². The van der Waals surface area contributed by atoms with Gasteiger partial charge < -0.3 is 14.2 Å². The molecule has 36 heavy (non-hydrogen) atoms. The maximum absolute atomic E-state index is 14.7. The van der Waals surface area contributed by atoms with Gasteiger partial charge in [0.1, 0.15) is 17.3 Å². The van der Waals surface area contributed by atoms with Crippen LogP contribution < -0.4 is 4.90 Å². The molecule has 188 valence electrons. The van der Waals surface area contributed by atoms with Crippen LogP contribution in [0.15, 0.2) is 47.0 Å². The van der Waals surface area contributed by atoms with Gasteiger partial charge in [-0.2, -0.15) is 8.78 Å². The van der Waals surface area contributed by atoms with Crippen LogP contribution in [0.3, 0.4) is 0 Å². The van der Waals surface area contributed by atoms with E-state index in [1.165, 1.54) is 22.9 Å². The van der Waals surface area contributed by atoms with Crippen LogP contribution in [0.25, 0.3) is 22.7 Å². The van der Waals surface area contributed by atoms with Crippen molar-refractivity contribution >= 4 is 5.69 Å². The average Bonchev–Trinajstić information content (AvgIpc) is 3.52. The molecular weight excluding hydrogens is 478 g/mol. The van der Waals surface area contributed by atoms with Crippen LogP contribution in [0, 0.1) is 11.6 Å². The second-order valence-electron chi connectivity index (χ2n) is 8.82. The summed E-state index contributed by atoms with van der Waals surface area (Å²) in [6.07, 6.45) is -1.25. The number of nitrogens with zero attached hydrogens (tertiary/aromatic N) is 7. The molecule has 1 atom stereocenters. The third kappa shape index (κ3) is 4.81. The van der Waals surface area contributed by atoms with Crippen molar-refractivity contribution in [3.05, 3.63) is 65.7 Å². The van der Waals surface area contributed by atoms with Crippen molar-refractivity contribution < 1.29 is 22.0 Å². The minimum atomic E-state index is -2.90. The molecular formula is C24H23F4N7O. The number of hydrogen-bond acceptors (Lipinski definition) is 7. The molecule has 0 saturated carbocycles. The first-order valence-corrected chi connectivity index (χ1v) is 11.3. The first-order valence-electron chi connectivity index (χ1n) is 11.3. The van der Waals surface area contributed by atoms with E-state index in [4.69, 9.17) is 4.42 Å². The van der Waals surface area contributed by atoms with Crippen molar-refractivity contribution in [3.63, 3.8) is 0 Å². The van der Waals surface area contributed by atoms with Crippen molar-refractivity contribution in [2.75, 3.05) is 31.6 Å². The normalized spacial score (nSPS) is 16.8. The fraction of sp³-hybridized carbons (Fsp3) is 0.333. The molecule has 4 aromatic rings. The summed E-state index contributed by atoms with van der Waals surface area (Å²) in [5.74, 6) is -1.91. The predicted octanol–water partition coefficient (Wildman–Crippen LogP) is 4.40. The lowest BCUT2D eigenvalue weighted by molar-refractivity contribution is 0.116. The number of benzene rings is 2. The molecule has 0 bridgehead atoms. The summed E-state index contributed by atoms with van der Waals surface area (Å²) in [7, 11) is 2.05. The minimum absolute atomic E-state index is 0.0782. The van der Waals surface area contributed by atoms with Gasteiger partial charge in [0, 0.05) is 42.4 Å². The van der Waals surface area contributed by atoms with Gasteiger partial charge in [-0.1, -0.05) is 11.3 Å². The van der Waals surface area contributed by atoms with Crippen LogP contribution in [-0.2, 0) is 6.54 Å². The summed E-state index contributed by atoms with van der Waals surface area (Å²) in [6.45, 7) is 4.54. The van der Waals surface area contributed by atoms with Crippen molar-refractivity contribution in [1.82, 2.24) is 30.1 Å². The Morgan fingerprint density at radius 1 is 1.00 bits per heavy atom. The summed E-state index contributed by atoms with van der Waals surface area (Å²) in [6, 6.07) is 9.11. The number of anilines is 1. The van der Waals surface area contributed by atoms with E-state index in [9.17, 15) is 17.6 Å². The Kier molecular flexibility index (Phi) is 6.44. The van der Waals surface area contributed by atoms with E-state index in [2.05, 4.69) is 32.3 Å². The lowest BCUT2D eigenvalue weighted by Gasteiger charge is -2.40. The maximum Gasteiger partial charge on any atom is 0.314 e. The second kappa shape index (κ2) is 9.69. The molecule has 1 aliphatic rings.